The fraction of sp³-hybridized carbons (Fsp3) is 0.720. The van der Waals surface area contributed by atoms with Crippen molar-refractivity contribution in [3.05, 3.63) is 29.8 Å². The summed E-state index contributed by atoms with van der Waals surface area (Å²) >= 11 is 0. The lowest BCUT2D eigenvalue weighted by atomic mass is 9.83. The molecule has 4 rings (SSSR count). The van der Waals surface area contributed by atoms with Crippen molar-refractivity contribution in [2.45, 2.75) is 70.4 Å². The molecule has 2 heterocycles. The number of amides is 1. The van der Waals surface area contributed by atoms with Gasteiger partial charge in [0.1, 0.15) is 5.75 Å². The molecule has 30 heavy (non-hydrogen) atoms. The molecule has 0 aromatic heterocycles. The minimum atomic E-state index is -0.354. The molecule has 166 valence electrons. The molecule has 1 N–H and O–H groups in total. The highest BCUT2D eigenvalue weighted by molar-refractivity contribution is 5.81. The van der Waals surface area contributed by atoms with Gasteiger partial charge in [0, 0.05) is 25.7 Å². The van der Waals surface area contributed by atoms with Gasteiger partial charge in [-0.25, -0.2) is 0 Å². The minimum absolute atomic E-state index is 0.0780. The Kier molecular flexibility index (Phi) is 7.67. The van der Waals surface area contributed by atoms with Crippen LogP contribution in [0, 0.1) is 11.8 Å². The maximum Gasteiger partial charge on any atom is 0.261 e. The first-order valence-corrected chi connectivity index (χ1v) is 12.1. The van der Waals surface area contributed by atoms with Crippen molar-refractivity contribution in [2.24, 2.45) is 11.8 Å². The number of piperidine rings is 1. The van der Waals surface area contributed by atoms with Crippen LogP contribution in [-0.4, -0.2) is 55.8 Å². The summed E-state index contributed by atoms with van der Waals surface area (Å²) < 4.78 is 11.7. The van der Waals surface area contributed by atoms with Crippen molar-refractivity contribution in [3.8, 4) is 5.75 Å². The molecule has 1 amide bonds. The monoisotopic (exact) mass is 414 g/mol. The average Bonchev–Trinajstić information content (AvgIpc) is 2.79. The molecule has 0 spiro atoms. The number of nitrogens with one attached hydrogen (secondary N) is 1. The Hall–Kier alpha value is -1.59. The molecular formula is C25H38N2O3. The first-order valence-electron chi connectivity index (χ1n) is 12.1. The molecule has 1 aliphatic carbocycles. The lowest BCUT2D eigenvalue weighted by Gasteiger charge is -2.39. The van der Waals surface area contributed by atoms with Gasteiger partial charge in [-0.15, -0.1) is 0 Å². The molecule has 2 aliphatic heterocycles. The number of hydrogen-bond donors (Lipinski definition) is 1. The molecule has 1 unspecified atom stereocenters. The highest BCUT2D eigenvalue weighted by atomic mass is 16.5. The van der Waals surface area contributed by atoms with Gasteiger partial charge < -0.3 is 19.7 Å². The van der Waals surface area contributed by atoms with Crippen molar-refractivity contribution in [1.29, 1.82) is 0 Å². The fourth-order valence-corrected chi connectivity index (χ4v) is 5.47. The lowest BCUT2D eigenvalue weighted by molar-refractivity contribution is -0.130. The number of likely N-dealkylation sites (tertiary alicyclic amines) is 1. The molecule has 1 aromatic rings. The lowest BCUT2D eigenvalue weighted by Crippen LogP contribution is -2.51. The molecule has 0 bridgehead atoms. The van der Waals surface area contributed by atoms with E-state index in [0.717, 1.165) is 51.3 Å². The Morgan fingerprint density at radius 3 is 2.93 bits per heavy atom. The van der Waals surface area contributed by atoms with Crippen molar-refractivity contribution in [2.75, 3.05) is 32.8 Å². The minimum Gasteiger partial charge on any atom is -0.480 e. The maximum atomic E-state index is 13.0. The molecule has 4 atom stereocenters. The van der Waals surface area contributed by atoms with Crippen molar-refractivity contribution in [1.82, 2.24) is 10.2 Å². The number of nitrogens with zero attached hydrogens (tertiary/aromatic N) is 1. The van der Waals surface area contributed by atoms with Crippen LogP contribution in [0.25, 0.3) is 0 Å². The number of rotatable bonds is 7. The van der Waals surface area contributed by atoms with Gasteiger partial charge in [0.2, 0.25) is 0 Å². The largest absolute Gasteiger partial charge is 0.480 e. The molecule has 1 saturated carbocycles. The molecule has 5 heteroatoms. The summed E-state index contributed by atoms with van der Waals surface area (Å²) in [6.45, 7) is 7.19. The zero-order valence-electron chi connectivity index (χ0n) is 18.5. The van der Waals surface area contributed by atoms with Crippen LogP contribution in [0.4, 0.5) is 0 Å². The fourth-order valence-electron chi connectivity index (χ4n) is 5.47. The van der Waals surface area contributed by atoms with E-state index >= 15 is 0 Å². The zero-order valence-corrected chi connectivity index (χ0v) is 18.5. The van der Waals surface area contributed by atoms with E-state index < -0.39 is 0 Å². The first kappa shape index (κ1) is 21.6. The maximum absolute atomic E-state index is 13.0. The standard InChI is InChI=1S/C25H38N2O3/c1-2-29-18-19-8-7-15-27(16-19)17-21-10-3-5-11-22(21)26-25(28)24-14-13-20-9-4-6-12-23(20)30-24/h4,6,9,12,19,21-22,24H,2-3,5,7-8,10-11,13-18H2,1H3,(H,26,28)/t19-,21-,22+,24?/m1/s1. The van der Waals surface area contributed by atoms with Gasteiger partial charge >= 0.3 is 0 Å². The second kappa shape index (κ2) is 10.6. The van der Waals surface area contributed by atoms with Gasteiger partial charge in [0.25, 0.3) is 5.91 Å². The van der Waals surface area contributed by atoms with Gasteiger partial charge in [-0.2, -0.15) is 0 Å². The van der Waals surface area contributed by atoms with Crippen LogP contribution < -0.4 is 10.1 Å². The predicted molar refractivity (Wildman–Crippen MR) is 119 cm³/mol. The van der Waals surface area contributed by atoms with Gasteiger partial charge in [-0.05, 0) is 75.5 Å². The molecule has 5 nitrogen and oxygen atoms in total. The Labute approximate surface area is 181 Å². The summed E-state index contributed by atoms with van der Waals surface area (Å²) in [6, 6.07) is 8.37. The summed E-state index contributed by atoms with van der Waals surface area (Å²) in [5, 5.41) is 3.39. The molecular weight excluding hydrogens is 376 g/mol. The van der Waals surface area contributed by atoms with E-state index in [1.807, 2.05) is 18.2 Å². The number of fused-ring (bicyclic) bond motifs is 1. The van der Waals surface area contributed by atoms with Crippen LogP contribution in [-0.2, 0) is 16.0 Å². The molecule has 1 saturated heterocycles. The van der Waals surface area contributed by atoms with Gasteiger partial charge in [-0.1, -0.05) is 31.0 Å². The number of carbonyl (C=O) groups excluding carboxylic acids is 1. The normalized spacial score (nSPS) is 29.6. The average molecular weight is 415 g/mol. The van der Waals surface area contributed by atoms with Crippen LogP contribution in [0.2, 0.25) is 0 Å². The third-order valence-corrected chi connectivity index (χ3v) is 7.10. The number of ether oxygens (including phenoxy) is 2. The number of aryl methyl sites for hydroxylation is 1. The Balaban J connectivity index is 1.31. The van der Waals surface area contributed by atoms with E-state index in [9.17, 15) is 4.79 Å². The topological polar surface area (TPSA) is 50.8 Å². The molecule has 0 radical (unpaired) electrons. The first-order chi connectivity index (χ1) is 14.7. The van der Waals surface area contributed by atoms with E-state index in [1.54, 1.807) is 0 Å². The van der Waals surface area contributed by atoms with Crippen LogP contribution >= 0.6 is 0 Å². The quantitative estimate of drug-likeness (QED) is 0.737. The predicted octanol–water partition coefficient (Wildman–Crippen LogP) is 3.80. The summed E-state index contributed by atoms with van der Waals surface area (Å²) in [5.74, 6) is 2.16. The second-order valence-electron chi connectivity index (χ2n) is 9.34. The Morgan fingerprint density at radius 1 is 1.17 bits per heavy atom. The van der Waals surface area contributed by atoms with Crippen molar-refractivity contribution in [3.63, 3.8) is 0 Å². The zero-order chi connectivity index (χ0) is 20.8. The van der Waals surface area contributed by atoms with Crippen LogP contribution in [0.1, 0.15) is 57.4 Å². The SMILES string of the molecule is CCOC[C@@H]1CCCN(C[C@H]2CCCC[C@@H]2NC(=O)C2CCc3ccccc3O2)C1. The molecule has 3 aliphatic rings. The van der Waals surface area contributed by atoms with Crippen LogP contribution in [0.3, 0.4) is 0 Å². The molecule has 1 aromatic carbocycles. The highest BCUT2D eigenvalue weighted by Crippen LogP contribution is 2.30. The number of para-hydroxylation sites is 1. The molecule has 2 fully saturated rings. The third-order valence-electron chi connectivity index (χ3n) is 7.10. The van der Waals surface area contributed by atoms with Crippen LogP contribution in [0.5, 0.6) is 5.75 Å². The van der Waals surface area contributed by atoms with Gasteiger partial charge in [0.05, 0.1) is 6.61 Å². The highest BCUT2D eigenvalue weighted by Gasteiger charge is 2.33. The van der Waals surface area contributed by atoms with Gasteiger partial charge in [-0.3, -0.25) is 4.79 Å². The number of hydrogen-bond acceptors (Lipinski definition) is 4. The van der Waals surface area contributed by atoms with Crippen LogP contribution in [0.15, 0.2) is 24.3 Å². The third kappa shape index (κ3) is 5.55. The Bertz CT molecular complexity index is 695. The summed E-state index contributed by atoms with van der Waals surface area (Å²) in [4.78, 5) is 15.6. The van der Waals surface area contributed by atoms with E-state index in [2.05, 4.69) is 23.2 Å². The van der Waals surface area contributed by atoms with E-state index in [0.29, 0.717) is 11.8 Å². The van der Waals surface area contributed by atoms with E-state index in [1.165, 1.54) is 44.2 Å². The summed E-state index contributed by atoms with van der Waals surface area (Å²) in [7, 11) is 0. The Morgan fingerprint density at radius 2 is 2.03 bits per heavy atom. The van der Waals surface area contributed by atoms with E-state index in [4.69, 9.17) is 9.47 Å². The number of carbonyl (C=O) groups is 1. The summed E-state index contributed by atoms with van der Waals surface area (Å²) in [6.07, 6.45) is 8.67. The van der Waals surface area contributed by atoms with Crippen molar-refractivity contribution >= 4 is 5.91 Å². The smallest absolute Gasteiger partial charge is 0.261 e. The van der Waals surface area contributed by atoms with Gasteiger partial charge in [0.15, 0.2) is 6.10 Å². The summed E-state index contributed by atoms with van der Waals surface area (Å²) in [5.41, 5.74) is 1.21. The second-order valence-corrected chi connectivity index (χ2v) is 9.34. The van der Waals surface area contributed by atoms with E-state index in [-0.39, 0.29) is 18.1 Å². The number of benzene rings is 1. The van der Waals surface area contributed by atoms with Crippen molar-refractivity contribution < 1.29 is 14.3 Å².